The first-order valence-electron chi connectivity index (χ1n) is 5.81. The van der Waals surface area contributed by atoms with E-state index in [9.17, 15) is 4.79 Å². The number of benzene rings is 1. The van der Waals surface area contributed by atoms with Crippen molar-refractivity contribution in [3.8, 4) is 11.4 Å². The minimum atomic E-state index is -0.202. The quantitative estimate of drug-likeness (QED) is 0.885. The molecule has 0 bridgehead atoms. The van der Waals surface area contributed by atoms with Crippen molar-refractivity contribution in [3.63, 3.8) is 0 Å². The summed E-state index contributed by atoms with van der Waals surface area (Å²) in [6, 6.07) is 6.72. The van der Waals surface area contributed by atoms with Crippen molar-refractivity contribution in [1.82, 2.24) is 4.57 Å². The van der Waals surface area contributed by atoms with Crippen LogP contribution >= 0.6 is 23.8 Å². The molecule has 6 heteroatoms. The molecule has 0 spiro atoms. The molecule has 2 aromatic rings. The summed E-state index contributed by atoms with van der Waals surface area (Å²) in [7, 11) is 1.57. The lowest BCUT2D eigenvalue weighted by atomic mass is 10.2. The van der Waals surface area contributed by atoms with E-state index in [-0.39, 0.29) is 16.0 Å². The number of rotatable bonds is 3. The number of aryl methyl sites for hydroxylation is 1. The topological polar surface area (TPSA) is 57.2 Å². The van der Waals surface area contributed by atoms with Crippen molar-refractivity contribution in [1.29, 1.82) is 0 Å². The highest BCUT2D eigenvalue weighted by molar-refractivity contribution is 7.80. The number of nitrogens with zero attached hydrogens (tertiary/aromatic N) is 1. The third-order valence-corrected chi connectivity index (χ3v) is 3.36. The summed E-state index contributed by atoms with van der Waals surface area (Å²) in [6.45, 7) is 1.81. The summed E-state index contributed by atoms with van der Waals surface area (Å²) < 4.78 is 7.10. The van der Waals surface area contributed by atoms with Gasteiger partial charge in [-0.2, -0.15) is 0 Å². The largest absolute Gasteiger partial charge is 0.495 e. The Morgan fingerprint density at radius 3 is 2.70 bits per heavy atom. The van der Waals surface area contributed by atoms with Gasteiger partial charge in [-0.3, -0.25) is 4.79 Å². The molecule has 4 nitrogen and oxygen atoms in total. The van der Waals surface area contributed by atoms with Crippen molar-refractivity contribution in [2.75, 3.05) is 7.11 Å². The number of thiocarbonyl (C=S) groups is 1. The maximum Gasteiger partial charge on any atom is 0.192 e. The molecule has 0 aliphatic carbocycles. The highest BCUT2D eigenvalue weighted by atomic mass is 35.5. The molecule has 1 aromatic carbocycles. The molecule has 0 amide bonds. The fourth-order valence-corrected chi connectivity index (χ4v) is 2.25. The zero-order valence-electron chi connectivity index (χ0n) is 11.0. The van der Waals surface area contributed by atoms with Crippen LogP contribution < -0.4 is 15.9 Å². The average molecular weight is 309 g/mol. The van der Waals surface area contributed by atoms with Gasteiger partial charge < -0.3 is 15.0 Å². The molecule has 1 heterocycles. The second kappa shape index (κ2) is 5.64. The van der Waals surface area contributed by atoms with Gasteiger partial charge in [-0.15, -0.1) is 0 Å². The van der Waals surface area contributed by atoms with Crippen molar-refractivity contribution in [2.45, 2.75) is 6.92 Å². The van der Waals surface area contributed by atoms with E-state index in [2.05, 4.69) is 0 Å². The SMILES string of the molecule is COc1ccc(Cl)cc1-n1cc(C(N)=S)c(=O)cc1C. The number of ether oxygens (including phenoxy) is 1. The number of methoxy groups -OCH3 is 1. The fourth-order valence-electron chi connectivity index (χ4n) is 1.93. The second-order valence-corrected chi connectivity index (χ2v) is 5.12. The number of nitrogens with two attached hydrogens (primary N) is 1. The zero-order valence-corrected chi connectivity index (χ0v) is 12.6. The van der Waals surface area contributed by atoms with Crippen LogP contribution in [-0.4, -0.2) is 16.7 Å². The molecule has 0 unspecified atom stereocenters. The fraction of sp³-hybridized carbons (Fsp3) is 0.143. The predicted molar refractivity (Wildman–Crippen MR) is 84.2 cm³/mol. The van der Waals surface area contributed by atoms with Crippen LogP contribution in [0.3, 0.4) is 0 Å². The van der Waals surface area contributed by atoms with Gasteiger partial charge in [0.2, 0.25) is 0 Å². The standard InChI is InChI=1S/C14H13ClN2O2S/c1-8-5-12(18)10(14(16)20)7-17(8)11-6-9(15)3-4-13(11)19-2/h3-7H,1-2H3,(H2,16,20). The summed E-state index contributed by atoms with van der Waals surface area (Å²) in [5, 5.41) is 0.566. The smallest absolute Gasteiger partial charge is 0.192 e. The number of aromatic nitrogens is 1. The van der Waals surface area contributed by atoms with Crippen LogP contribution in [-0.2, 0) is 0 Å². The van der Waals surface area contributed by atoms with Crippen molar-refractivity contribution in [2.24, 2.45) is 5.73 Å². The van der Waals surface area contributed by atoms with Crippen molar-refractivity contribution < 1.29 is 4.74 Å². The van der Waals surface area contributed by atoms with Gasteiger partial charge in [0, 0.05) is 23.0 Å². The predicted octanol–water partition coefficient (Wildman–Crippen LogP) is 2.44. The van der Waals surface area contributed by atoms with E-state index >= 15 is 0 Å². The lowest BCUT2D eigenvalue weighted by Gasteiger charge is -2.16. The van der Waals surface area contributed by atoms with Crippen LogP contribution in [0.15, 0.2) is 35.3 Å². The third-order valence-electron chi connectivity index (χ3n) is 2.91. The maximum atomic E-state index is 11.8. The van der Waals surface area contributed by atoms with E-state index < -0.39 is 0 Å². The normalized spacial score (nSPS) is 10.3. The first-order chi connectivity index (χ1) is 9.43. The van der Waals surface area contributed by atoms with Crippen LogP contribution in [0.25, 0.3) is 5.69 Å². The van der Waals surface area contributed by atoms with Crippen LogP contribution in [0.2, 0.25) is 5.02 Å². The van der Waals surface area contributed by atoms with E-state index in [4.69, 9.17) is 34.3 Å². The number of pyridine rings is 1. The first-order valence-corrected chi connectivity index (χ1v) is 6.59. The Morgan fingerprint density at radius 2 is 2.10 bits per heavy atom. The molecule has 1 aromatic heterocycles. The molecule has 0 saturated carbocycles. The first kappa shape index (κ1) is 14.6. The third kappa shape index (κ3) is 2.69. The summed E-state index contributed by atoms with van der Waals surface area (Å²) in [5.41, 5.74) is 7.11. The Hall–Kier alpha value is -1.85. The lowest BCUT2D eigenvalue weighted by Crippen LogP contribution is -2.23. The molecule has 104 valence electrons. The Bertz CT molecular complexity index is 740. The maximum absolute atomic E-state index is 11.8. The van der Waals surface area contributed by atoms with Gasteiger partial charge in [0.05, 0.1) is 18.4 Å². The monoisotopic (exact) mass is 308 g/mol. The van der Waals surface area contributed by atoms with Crippen LogP contribution in [0, 0.1) is 6.92 Å². The number of hydrogen-bond donors (Lipinski definition) is 1. The van der Waals surface area contributed by atoms with E-state index in [1.165, 1.54) is 6.07 Å². The summed E-state index contributed by atoms with van der Waals surface area (Å²) >= 11 is 10.9. The Kier molecular flexibility index (Phi) is 4.11. The average Bonchev–Trinajstić information content (AvgIpc) is 2.38. The lowest BCUT2D eigenvalue weighted by molar-refractivity contribution is 0.412. The molecule has 2 N–H and O–H groups in total. The Balaban J connectivity index is 2.75. The zero-order chi connectivity index (χ0) is 14.9. The van der Waals surface area contributed by atoms with E-state index in [0.29, 0.717) is 10.8 Å². The molecule has 2 rings (SSSR count). The molecular weight excluding hydrogens is 296 g/mol. The molecule has 0 aliphatic rings. The molecule has 0 saturated heterocycles. The van der Waals surface area contributed by atoms with Crippen molar-refractivity contribution in [3.05, 3.63) is 57.0 Å². The highest BCUT2D eigenvalue weighted by Crippen LogP contribution is 2.27. The van der Waals surface area contributed by atoms with E-state index in [1.807, 2.05) is 6.92 Å². The highest BCUT2D eigenvalue weighted by Gasteiger charge is 2.11. The van der Waals surface area contributed by atoms with Crippen LogP contribution in [0.5, 0.6) is 5.75 Å². The number of hydrogen-bond acceptors (Lipinski definition) is 3. The molecular formula is C14H13ClN2O2S. The summed E-state index contributed by atoms with van der Waals surface area (Å²) in [5.74, 6) is 0.634. The Morgan fingerprint density at radius 1 is 1.40 bits per heavy atom. The van der Waals surface area contributed by atoms with Gasteiger partial charge in [-0.25, -0.2) is 0 Å². The molecule has 0 radical (unpaired) electrons. The summed E-state index contributed by atoms with van der Waals surface area (Å²) in [4.78, 5) is 11.9. The van der Waals surface area contributed by atoms with Gasteiger partial charge in [-0.05, 0) is 25.1 Å². The minimum absolute atomic E-state index is 0.0599. The van der Waals surface area contributed by atoms with Gasteiger partial charge in [-0.1, -0.05) is 23.8 Å². The van der Waals surface area contributed by atoms with Crippen LogP contribution in [0.4, 0.5) is 0 Å². The minimum Gasteiger partial charge on any atom is -0.495 e. The van der Waals surface area contributed by atoms with Gasteiger partial charge >= 0.3 is 0 Å². The summed E-state index contributed by atoms with van der Waals surface area (Å²) in [6.07, 6.45) is 1.61. The van der Waals surface area contributed by atoms with Gasteiger partial charge in [0.25, 0.3) is 0 Å². The Labute approximate surface area is 126 Å². The van der Waals surface area contributed by atoms with E-state index in [1.54, 1.807) is 36.1 Å². The number of halogens is 1. The van der Waals surface area contributed by atoms with Crippen molar-refractivity contribution >= 4 is 28.8 Å². The molecule has 20 heavy (non-hydrogen) atoms. The second-order valence-electron chi connectivity index (χ2n) is 4.24. The molecule has 0 atom stereocenters. The molecule has 0 fully saturated rings. The van der Waals surface area contributed by atoms with Gasteiger partial charge in [0.15, 0.2) is 5.43 Å². The van der Waals surface area contributed by atoms with Crippen LogP contribution in [0.1, 0.15) is 11.3 Å². The molecule has 0 aliphatic heterocycles. The van der Waals surface area contributed by atoms with Gasteiger partial charge in [0.1, 0.15) is 10.7 Å². The van der Waals surface area contributed by atoms with E-state index in [0.717, 1.165) is 11.4 Å².